The maximum Gasteiger partial charge on any atom is 0.129 e. The Balaban J connectivity index is 2.26. The van der Waals surface area contributed by atoms with Crippen molar-refractivity contribution in [3.8, 4) is 0 Å². The van der Waals surface area contributed by atoms with Crippen LogP contribution in [0.1, 0.15) is 37.1 Å². The fourth-order valence-electron chi connectivity index (χ4n) is 2.46. The van der Waals surface area contributed by atoms with Gasteiger partial charge >= 0.3 is 0 Å². The van der Waals surface area contributed by atoms with E-state index in [-0.39, 0.29) is 0 Å². The highest BCUT2D eigenvalue weighted by atomic mass is 15.2. The predicted molar refractivity (Wildman–Crippen MR) is 89.3 cm³/mol. The lowest BCUT2D eigenvalue weighted by atomic mass is 10.1. The molecule has 1 aromatic heterocycles. The summed E-state index contributed by atoms with van der Waals surface area (Å²) in [4.78, 5) is 7.11. The number of aryl methyl sites for hydroxylation is 1. The second-order valence-electron chi connectivity index (χ2n) is 5.28. The molecule has 21 heavy (non-hydrogen) atoms. The number of rotatable bonds is 7. The molecule has 0 aliphatic carbocycles. The summed E-state index contributed by atoms with van der Waals surface area (Å²) in [5.41, 5.74) is 9.44. The fourth-order valence-corrected chi connectivity index (χ4v) is 2.46. The van der Waals surface area contributed by atoms with E-state index < -0.39 is 0 Å². The van der Waals surface area contributed by atoms with Crippen LogP contribution in [-0.4, -0.2) is 11.5 Å². The van der Waals surface area contributed by atoms with Crippen molar-refractivity contribution < 1.29 is 0 Å². The lowest BCUT2D eigenvalue weighted by Gasteiger charge is -2.23. The van der Waals surface area contributed by atoms with Crippen LogP contribution in [0.4, 0.5) is 5.82 Å². The van der Waals surface area contributed by atoms with Crippen LogP contribution in [0.25, 0.3) is 0 Å². The van der Waals surface area contributed by atoms with Crippen LogP contribution in [0.15, 0.2) is 42.5 Å². The highest BCUT2D eigenvalue weighted by molar-refractivity contribution is 5.43. The van der Waals surface area contributed by atoms with E-state index in [9.17, 15) is 0 Å². The Kier molecular flexibility index (Phi) is 5.76. The minimum atomic E-state index is 0.565. The van der Waals surface area contributed by atoms with Crippen molar-refractivity contribution in [2.45, 2.75) is 39.8 Å². The van der Waals surface area contributed by atoms with Crippen molar-refractivity contribution in [2.75, 3.05) is 11.4 Å². The van der Waals surface area contributed by atoms with Crippen molar-refractivity contribution in [3.63, 3.8) is 0 Å². The van der Waals surface area contributed by atoms with E-state index in [1.54, 1.807) is 0 Å². The molecule has 2 rings (SSSR count). The molecule has 0 atom stereocenters. The molecule has 3 heteroatoms. The number of nitrogens with zero attached hydrogens (tertiary/aromatic N) is 2. The topological polar surface area (TPSA) is 42.1 Å². The predicted octanol–water partition coefficient (Wildman–Crippen LogP) is 3.52. The molecule has 0 spiro atoms. The average Bonchev–Trinajstić information content (AvgIpc) is 2.53. The van der Waals surface area contributed by atoms with Crippen LogP contribution in [0, 0.1) is 0 Å². The monoisotopic (exact) mass is 283 g/mol. The first-order chi connectivity index (χ1) is 10.3. The van der Waals surface area contributed by atoms with Gasteiger partial charge in [-0.3, -0.25) is 0 Å². The number of hydrogen-bond acceptors (Lipinski definition) is 3. The van der Waals surface area contributed by atoms with Crippen LogP contribution in [-0.2, 0) is 19.5 Å². The first-order valence-corrected chi connectivity index (χ1v) is 7.75. The van der Waals surface area contributed by atoms with E-state index in [1.165, 1.54) is 5.56 Å². The van der Waals surface area contributed by atoms with Gasteiger partial charge in [-0.05, 0) is 36.6 Å². The van der Waals surface area contributed by atoms with Crippen molar-refractivity contribution in [1.82, 2.24) is 4.98 Å². The molecule has 0 aliphatic rings. The van der Waals surface area contributed by atoms with E-state index >= 15 is 0 Å². The Morgan fingerprint density at radius 3 is 2.43 bits per heavy atom. The lowest BCUT2D eigenvalue weighted by Crippen LogP contribution is -2.23. The summed E-state index contributed by atoms with van der Waals surface area (Å²) >= 11 is 0. The average molecular weight is 283 g/mol. The largest absolute Gasteiger partial charge is 0.353 e. The van der Waals surface area contributed by atoms with Crippen molar-refractivity contribution >= 4 is 5.82 Å². The van der Waals surface area contributed by atoms with Crippen molar-refractivity contribution in [2.24, 2.45) is 5.73 Å². The Morgan fingerprint density at radius 2 is 1.81 bits per heavy atom. The maximum atomic E-state index is 5.83. The number of anilines is 1. The zero-order valence-electron chi connectivity index (χ0n) is 13.0. The molecule has 1 aromatic carbocycles. The zero-order chi connectivity index (χ0) is 15.1. The minimum absolute atomic E-state index is 0.565. The van der Waals surface area contributed by atoms with Gasteiger partial charge in [0.2, 0.25) is 0 Å². The maximum absolute atomic E-state index is 5.83. The summed E-state index contributed by atoms with van der Waals surface area (Å²) in [6, 6.07) is 14.8. The molecular formula is C18H25N3. The van der Waals surface area contributed by atoms with Gasteiger partial charge in [0.25, 0.3) is 0 Å². The molecule has 0 saturated heterocycles. The van der Waals surface area contributed by atoms with Gasteiger partial charge in [-0.15, -0.1) is 0 Å². The zero-order valence-corrected chi connectivity index (χ0v) is 13.0. The highest BCUT2D eigenvalue weighted by Gasteiger charge is 2.09. The molecule has 1 heterocycles. The van der Waals surface area contributed by atoms with Crippen LogP contribution in [0.2, 0.25) is 0 Å². The van der Waals surface area contributed by atoms with E-state index in [0.29, 0.717) is 6.54 Å². The van der Waals surface area contributed by atoms with Crippen LogP contribution in [0.3, 0.4) is 0 Å². The first kappa shape index (κ1) is 15.5. The first-order valence-electron chi connectivity index (χ1n) is 7.75. The Hall–Kier alpha value is -1.87. The molecule has 112 valence electrons. The molecule has 2 aromatic rings. The summed E-state index contributed by atoms with van der Waals surface area (Å²) in [5, 5.41) is 0. The summed E-state index contributed by atoms with van der Waals surface area (Å²) in [6.45, 7) is 6.72. The van der Waals surface area contributed by atoms with Gasteiger partial charge in [0, 0.05) is 25.3 Å². The van der Waals surface area contributed by atoms with Crippen LogP contribution in [0.5, 0.6) is 0 Å². The molecule has 0 bridgehead atoms. The third-order valence-electron chi connectivity index (χ3n) is 3.59. The van der Waals surface area contributed by atoms with Gasteiger partial charge in [-0.2, -0.15) is 0 Å². The summed E-state index contributed by atoms with van der Waals surface area (Å²) in [7, 11) is 0. The number of hydrogen-bond donors (Lipinski definition) is 1. The second-order valence-corrected chi connectivity index (χ2v) is 5.28. The molecule has 0 aliphatic heterocycles. The molecule has 0 amide bonds. The fraction of sp³-hybridized carbons (Fsp3) is 0.389. The molecule has 2 N–H and O–H groups in total. The van der Waals surface area contributed by atoms with Crippen LogP contribution >= 0.6 is 0 Å². The Morgan fingerprint density at radius 1 is 1.05 bits per heavy atom. The minimum Gasteiger partial charge on any atom is -0.353 e. The Labute approximate surface area is 127 Å². The smallest absolute Gasteiger partial charge is 0.129 e. The van der Waals surface area contributed by atoms with E-state index in [0.717, 1.165) is 43.0 Å². The number of aromatic nitrogens is 1. The second kappa shape index (κ2) is 7.79. The third kappa shape index (κ3) is 4.30. The van der Waals surface area contributed by atoms with E-state index in [2.05, 4.69) is 55.1 Å². The molecule has 0 saturated carbocycles. The highest BCUT2D eigenvalue weighted by Crippen LogP contribution is 2.18. The standard InChI is InChI=1S/C18H25N3/c1-3-8-17-11-16(13-19)12-18(20-17)21(4-2)14-15-9-6-5-7-10-15/h5-7,9-12H,3-4,8,13-14,19H2,1-2H3. The molecular weight excluding hydrogens is 258 g/mol. The number of pyridine rings is 1. The molecule has 0 radical (unpaired) electrons. The summed E-state index contributed by atoms with van der Waals surface area (Å²) in [6.07, 6.45) is 2.11. The summed E-state index contributed by atoms with van der Waals surface area (Å²) in [5.74, 6) is 1.03. The lowest BCUT2D eigenvalue weighted by molar-refractivity contribution is 0.794. The van der Waals surface area contributed by atoms with E-state index in [1.807, 2.05) is 6.07 Å². The molecule has 0 fully saturated rings. The van der Waals surface area contributed by atoms with Crippen molar-refractivity contribution in [3.05, 3.63) is 59.3 Å². The number of benzene rings is 1. The molecule has 3 nitrogen and oxygen atoms in total. The van der Waals surface area contributed by atoms with Gasteiger partial charge in [0.15, 0.2) is 0 Å². The molecule has 0 unspecified atom stereocenters. The van der Waals surface area contributed by atoms with Crippen molar-refractivity contribution in [1.29, 1.82) is 0 Å². The van der Waals surface area contributed by atoms with Gasteiger partial charge in [0.1, 0.15) is 5.82 Å². The van der Waals surface area contributed by atoms with Gasteiger partial charge in [-0.25, -0.2) is 4.98 Å². The number of nitrogens with two attached hydrogens (primary N) is 1. The third-order valence-corrected chi connectivity index (χ3v) is 3.59. The summed E-state index contributed by atoms with van der Waals surface area (Å²) < 4.78 is 0. The quantitative estimate of drug-likeness (QED) is 0.845. The SMILES string of the molecule is CCCc1cc(CN)cc(N(CC)Cc2ccccc2)n1. The van der Waals surface area contributed by atoms with Gasteiger partial charge in [-0.1, -0.05) is 43.7 Å². The van der Waals surface area contributed by atoms with Crippen LogP contribution < -0.4 is 10.6 Å². The normalized spacial score (nSPS) is 10.6. The Bertz CT molecular complexity index is 552. The van der Waals surface area contributed by atoms with E-state index in [4.69, 9.17) is 10.7 Å². The van der Waals surface area contributed by atoms with Gasteiger partial charge < -0.3 is 10.6 Å². The van der Waals surface area contributed by atoms with Gasteiger partial charge in [0.05, 0.1) is 0 Å².